The smallest absolute Gasteiger partial charge is 0.282 e. The largest absolute Gasteiger partial charge is 0.488 e. The van der Waals surface area contributed by atoms with Gasteiger partial charge in [0.1, 0.15) is 5.82 Å². The Morgan fingerprint density at radius 2 is 1.90 bits per heavy atom. The molecule has 0 unspecified atom stereocenters. The summed E-state index contributed by atoms with van der Waals surface area (Å²) in [6.45, 7) is 7.82. The molecule has 0 amide bonds. The van der Waals surface area contributed by atoms with Gasteiger partial charge in [-0.1, -0.05) is 41.4 Å². The Hall–Kier alpha value is -1.70. The fourth-order valence-electron chi connectivity index (χ4n) is 2.78. The summed E-state index contributed by atoms with van der Waals surface area (Å²) >= 11 is 13.3. The number of ether oxygens (including phenoxy) is 1. The first-order chi connectivity index (χ1) is 13.7. The molecule has 1 heterocycles. The maximum Gasteiger partial charge on any atom is 0.282 e. The molecule has 0 atom stereocenters. The normalized spacial score (nSPS) is 11.9. The summed E-state index contributed by atoms with van der Waals surface area (Å²) in [6, 6.07) is 9.04. The molecule has 0 fully saturated rings. The third-order valence-corrected chi connectivity index (χ3v) is 5.41. The molecule has 29 heavy (non-hydrogen) atoms. The van der Waals surface area contributed by atoms with Crippen LogP contribution in [0.4, 0.5) is 0 Å². The van der Waals surface area contributed by atoms with E-state index in [0.29, 0.717) is 27.5 Å². The summed E-state index contributed by atoms with van der Waals surface area (Å²) in [5, 5.41) is 5.40. The van der Waals surface area contributed by atoms with Crippen molar-refractivity contribution in [2.24, 2.45) is 5.10 Å². The molecule has 0 spiro atoms. The fourth-order valence-corrected chi connectivity index (χ4v) is 4.10. The van der Waals surface area contributed by atoms with E-state index in [1.54, 1.807) is 18.3 Å². The van der Waals surface area contributed by atoms with Crippen LogP contribution in [0, 0.1) is 0 Å². The third-order valence-electron chi connectivity index (χ3n) is 4.05. The number of benzene rings is 2. The van der Waals surface area contributed by atoms with Gasteiger partial charge in [-0.05, 0) is 65.7 Å². The van der Waals surface area contributed by atoms with Crippen molar-refractivity contribution in [1.29, 1.82) is 0 Å². The van der Waals surface area contributed by atoms with E-state index in [9.17, 15) is 4.79 Å². The lowest BCUT2D eigenvalue weighted by molar-refractivity contribution is 0.241. The lowest BCUT2D eigenvalue weighted by Crippen LogP contribution is -2.23. The lowest BCUT2D eigenvalue weighted by Gasteiger charge is -2.14. The minimum Gasteiger partial charge on any atom is -0.488 e. The predicted octanol–water partition coefficient (Wildman–Crippen LogP) is 6.37. The number of aromatic nitrogens is 2. The first-order valence-electron chi connectivity index (χ1n) is 9.09. The molecule has 0 aliphatic heterocycles. The van der Waals surface area contributed by atoms with E-state index in [-0.39, 0.29) is 17.6 Å². The van der Waals surface area contributed by atoms with Gasteiger partial charge >= 0.3 is 0 Å². The van der Waals surface area contributed by atoms with Gasteiger partial charge in [0.05, 0.1) is 32.7 Å². The Balaban J connectivity index is 2.10. The van der Waals surface area contributed by atoms with Gasteiger partial charge in [0, 0.05) is 10.4 Å². The summed E-state index contributed by atoms with van der Waals surface area (Å²) in [4.78, 5) is 17.7. The Labute approximate surface area is 191 Å². The van der Waals surface area contributed by atoms with Gasteiger partial charge in [-0.15, -0.1) is 0 Å². The minimum atomic E-state index is -0.221. The zero-order chi connectivity index (χ0) is 21.3. The molecule has 0 saturated heterocycles. The maximum absolute atomic E-state index is 13.1. The Morgan fingerprint density at radius 1 is 1.17 bits per heavy atom. The molecule has 0 N–H and O–H groups in total. The molecule has 0 radical (unpaired) electrons. The molecule has 3 aromatic rings. The second kappa shape index (κ2) is 8.98. The number of nitrogens with zero attached hydrogens (tertiary/aromatic N) is 3. The van der Waals surface area contributed by atoms with Crippen molar-refractivity contribution in [1.82, 2.24) is 9.66 Å². The minimum absolute atomic E-state index is 0.00140. The van der Waals surface area contributed by atoms with Crippen LogP contribution in [0.2, 0.25) is 5.02 Å². The van der Waals surface area contributed by atoms with Crippen LogP contribution in [0.5, 0.6) is 5.75 Å². The SMILES string of the molecule is CC(C)Oc1c(Cl)cc(C=Nn2c(C(C)C)nc3ccc(Br)cc3c2=O)cc1Br. The topological polar surface area (TPSA) is 56.5 Å². The molecule has 5 nitrogen and oxygen atoms in total. The van der Waals surface area contributed by atoms with Crippen molar-refractivity contribution in [3.63, 3.8) is 0 Å². The Morgan fingerprint density at radius 3 is 2.52 bits per heavy atom. The van der Waals surface area contributed by atoms with Crippen molar-refractivity contribution in [2.75, 3.05) is 0 Å². The summed E-state index contributed by atoms with van der Waals surface area (Å²) in [7, 11) is 0. The van der Waals surface area contributed by atoms with Crippen LogP contribution in [-0.4, -0.2) is 22.0 Å². The number of rotatable bonds is 5. The highest BCUT2D eigenvalue weighted by Gasteiger charge is 2.14. The van der Waals surface area contributed by atoms with Gasteiger partial charge in [0.15, 0.2) is 5.75 Å². The van der Waals surface area contributed by atoms with Crippen LogP contribution in [0.3, 0.4) is 0 Å². The van der Waals surface area contributed by atoms with E-state index in [1.165, 1.54) is 4.68 Å². The molecule has 0 bridgehead atoms. The van der Waals surface area contributed by atoms with E-state index in [2.05, 4.69) is 41.9 Å². The van der Waals surface area contributed by atoms with Crippen molar-refractivity contribution < 1.29 is 4.74 Å². The van der Waals surface area contributed by atoms with E-state index >= 15 is 0 Å². The number of fused-ring (bicyclic) bond motifs is 1. The van der Waals surface area contributed by atoms with Crippen molar-refractivity contribution in [3.8, 4) is 5.75 Å². The van der Waals surface area contributed by atoms with Crippen LogP contribution >= 0.6 is 43.5 Å². The lowest BCUT2D eigenvalue weighted by atomic mass is 10.2. The molecule has 8 heteroatoms. The first-order valence-corrected chi connectivity index (χ1v) is 11.1. The summed E-state index contributed by atoms with van der Waals surface area (Å²) < 4.78 is 8.61. The fraction of sp³-hybridized carbons (Fsp3) is 0.286. The molecule has 0 aliphatic rings. The molecule has 3 rings (SSSR count). The van der Waals surface area contributed by atoms with Crippen LogP contribution < -0.4 is 10.3 Å². The van der Waals surface area contributed by atoms with Gasteiger partial charge in [0.2, 0.25) is 0 Å². The van der Waals surface area contributed by atoms with Gasteiger partial charge in [-0.2, -0.15) is 9.78 Å². The zero-order valence-electron chi connectivity index (χ0n) is 16.4. The van der Waals surface area contributed by atoms with Crippen LogP contribution in [-0.2, 0) is 0 Å². The second-order valence-electron chi connectivity index (χ2n) is 7.13. The average molecular weight is 542 g/mol. The molecule has 152 valence electrons. The maximum atomic E-state index is 13.1. The highest BCUT2D eigenvalue weighted by molar-refractivity contribution is 9.10. The Kier molecular flexibility index (Phi) is 6.81. The molecular weight excluding hydrogens is 522 g/mol. The molecule has 0 saturated carbocycles. The number of hydrogen-bond donors (Lipinski definition) is 0. The third kappa shape index (κ3) is 4.90. The highest BCUT2D eigenvalue weighted by atomic mass is 79.9. The second-order valence-corrected chi connectivity index (χ2v) is 9.31. The van der Waals surface area contributed by atoms with E-state index in [0.717, 1.165) is 14.5 Å². The standard InChI is InChI=1S/C21H20Br2ClN3O2/c1-11(2)20-26-18-6-5-14(22)9-15(18)21(28)27(20)25-10-13-7-16(23)19(17(24)8-13)29-12(3)4/h5-12H,1-4H3. The average Bonchev–Trinajstić information content (AvgIpc) is 2.64. The van der Waals surface area contributed by atoms with Gasteiger partial charge in [-0.3, -0.25) is 4.79 Å². The molecule has 1 aromatic heterocycles. The van der Waals surface area contributed by atoms with Crippen molar-refractivity contribution >= 4 is 60.6 Å². The van der Waals surface area contributed by atoms with Gasteiger partial charge < -0.3 is 4.74 Å². The van der Waals surface area contributed by atoms with Crippen LogP contribution in [0.1, 0.15) is 45.0 Å². The monoisotopic (exact) mass is 539 g/mol. The number of hydrogen-bond acceptors (Lipinski definition) is 4. The van der Waals surface area contributed by atoms with E-state index in [4.69, 9.17) is 16.3 Å². The van der Waals surface area contributed by atoms with E-state index < -0.39 is 0 Å². The van der Waals surface area contributed by atoms with Crippen molar-refractivity contribution in [3.05, 3.63) is 66.0 Å². The van der Waals surface area contributed by atoms with Gasteiger partial charge in [0.25, 0.3) is 5.56 Å². The van der Waals surface area contributed by atoms with Crippen LogP contribution in [0.25, 0.3) is 10.9 Å². The predicted molar refractivity (Wildman–Crippen MR) is 126 cm³/mol. The molecule has 2 aromatic carbocycles. The number of halogens is 3. The first kappa shape index (κ1) is 22.0. The van der Waals surface area contributed by atoms with Gasteiger partial charge in [-0.25, -0.2) is 4.98 Å². The van der Waals surface area contributed by atoms with E-state index in [1.807, 2.05) is 45.9 Å². The zero-order valence-corrected chi connectivity index (χ0v) is 20.3. The van der Waals surface area contributed by atoms with Crippen LogP contribution in [0.15, 0.2) is 49.2 Å². The molecule has 0 aliphatic carbocycles. The summed E-state index contributed by atoms with van der Waals surface area (Å²) in [5.74, 6) is 1.19. The highest BCUT2D eigenvalue weighted by Crippen LogP contribution is 2.34. The summed E-state index contributed by atoms with van der Waals surface area (Å²) in [5.41, 5.74) is 1.16. The van der Waals surface area contributed by atoms with Crippen molar-refractivity contribution in [2.45, 2.75) is 39.7 Å². The molecular formula is C21H20Br2ClN3O2. The Bertz CT molecular complexity index is 1130. The quantitative estimate of drug-likeness (QED) is 0.353. The summed E-state index contributed by atoms with van der Waals surface area (Å²) in [6.07, 6.45) is 1.59.